The van der Waals surface area contributed by atoms with Crippen molar-refractivity contribution in [2.24, 2.45) is 0 Å². The van der Waals surface area contributed by atoms with Crippen LogP contribution in [-0.4, -0.2) is 192 Å². The lowest BCUT2D eigenvalue weighted by Crippen LogP contribution is -2.67. The van der Waals surface area contributed by atoms with E-state index in [1.807, 2.05) is 66.6 Å². The van der Waals surface area contributed by atoms with Gasteiger partial charge in [0.1, 0.15) is 0 Å². The predicted molar refractivity (Wildman–Crippen MR) is 392 cm³/mol. The highest BCUT2D eigenvalue weighted by Crippen LogP contribution is 2.32. The Bertz CT molecular complexity index is 1930. The smallest absolute Gasteiger partial charge is 0.466 e. The number of hydrogen-bond donors (Lipinski definition) is 1. The van der Waals surface area contributed by atoms with Crippen LogP contribution in [0.25, 0.3) is 0 Å². The van der Waals surface area contributed by atoms with Gasteiger partial charge in [-0.2, -0.15) is 0 Å². The molecule has 0 aromatic carbocycles. The molecule has 25 nitrogen and oxygen atoms in total. The molecule has 1 amide bonds. The number of carbonyl (C=O) groups is 5. The molecule has 578 valence electrons. The van der Waals surface area contributed by atoms with Gasteiger partial charge in [0, 0.05) is 146 Å². The summed E-state index contributed by atoms with van der Waals surface area (Å²) < 4.78 is 115. The van der Waals surface area contributed by atoms with Crippen molar-refractivity contribution in [1.82, 2.24) is 5.32 Å². The van der Waals surface area contributed by atoms with Crippen molar-refractivity contribution >= 4 is 91.2 Å². The molecule has 97 heavy (non-hydrogen) atoms. The van der Waals surface area contributed by atoms with Crippen molar-refractivity contribution in [3.05, 3.63) is 0 Å². The summed E-state index contributed by atoms with van der Waals surface area (Å²) in [6.45, 7) is 39.1. The van der Waals surface area contributed by atoms with Crippen LogP contribution in [-0.2, 0) is 108 Å². The second kappa shape index (κ2) is 61.7. The predicted octanol–water partition coefficient (Wildman–Crippen LogP) is 14.6. The topological polar surface area (TPSA) is 273 Å². The molecule has 0 saturated heterocycles. The minimum atomic E-state index is -3.59. The van der Waals surface area contributed by atoms with Crippen LogP contribution in [0.2, 0.25) is 51.9 Å². The fourth-order valence-electron chi connectivity index (χ4n) is 8.96. The third-order valence-electron chi connectivity index (χ3n) is 13.8. The Kier molecular flexibility index (Phi) is 63.3. The Balaban J connectivity index is -0.00000154. The maximum atomic E-state index is 11.8. The number of amides is 1. The molecular weight excluding hydrogens is 1380 g/mol. The molecule has 0 fully saturated rings. The fraction of sp³-hybridized carbons (Fsp3) is 0.923. The lowest BCUT2D eigenvalue weighted by molar-refractivity contribution is -0.145. The molecule has 0 rings (SSSR count). The summed E-state index contributed by atoms with van der Waals surface area (Å²) in [5.41, 5.74) is 0. The number of carbonyl (C=O) groups excluding carboxylic acids is 5. The second-order valence-corrected chi connectivity index (χ2v) is 45.1. The third kappa shape index (κ3) is 57.4. The number of unbranched alkanes of at least 4 members (excludes halogenated alkanes) is 10. The van der Waals surface area contributed by atoms with Gasteiger partial charge < -0.3 is 89.1 Å². The summed E-state index contributed by atoms with van der Waals surface area (Å²) in [6.07, 6.45) is 21.1. The first-order valence-electron chi connectivity index (χ1n) is 36.6. The molecule has 0 spiro atoms. The van der Waals surface area contributed by atoms with Crippen LogP contribution in [0.3, 0.4) is 0 Å². The molecule has 0 bridgehead atoms. The van der Waals surface area contributed by atoms with Gasteiger partial charge in [0.2, 0.25) is 5.91 Å². The number of hydrogen-bond acceptors (Lipinski definition) is 24. The van der Waals surface area contributed by atoms with Crippen molar-refractivity contribution in [3.8, 4) is 0 Å². The first kappa shape index (κ1) is 99.4. The van der Waals surface area contributed by atoms with Gasteiger partial charge in [0.25, 0.3) is 0 Å². The molecule has 0 aromatic heterocycles. The molecule has 0 aliphatic heterocycles. The van der Waals surface area contributed by atoms with Gasteiger partial charge in [-0.25, -0.2) is 0 Å². The molecule has 0 aromatic rings. The Morgan fingerprint density at radius 1 is 0.289 bits per heavy atom. The molecule has 0 radical (unpaired) electrons. The van der Waals surface area contributed by atoms with E-state index in [4.69, 9.17) is 83.8 Å². The van der Waals surface area contributed by atoms with Crippen LogP contribution >= 0.6 is 0 Å². The molecule has 1 N–H and O–H groups in total. The average Bonchev–Trinajstić information content (AvgIpc) is 0.801. The van der Waals surface area contributed by atoms with Gasteiger partial charge in [-0.3, -0.25) is 24.0 Å². The van der Waals surface area contributed by atoms with E-state index in [-0.39, 0.29) is 29.8 Å². The van der Waals surface area contributed by atoms with Gasteiger partial charge in [0.05, 0.1) is 26.4 Å². The van der Waals surface area contributed by atoms with E-state index in [2.05, 4.69) is 46.9 Å². The maximum absolute atomic E-state index is 11.8. The Hall–Kier alpha value is -1.73. The third-order valence-corrected chi connectivity index (χ3v) is 37.2. The molecule has 0 aliphatic rings. The zero-order valence-electron chi connectivity index (χ0n) is 64.6. The Morgan fingerprint density at radius 2 is 0.557 bits per heavy atom. The highest BCUT2D eigenvalue weighted by molar-refractivity contribution is 6.86. The van der Waals surface area contributed by atoms with E-state index in [0.29, 0.717) is 117 Å². The van der Waals surface area contributed by atoms with Crippen molar-refractivity contribution in [2.45, 2.75) is 294 Å². The molecule has 4 unspecified atom stereocenters. The zero-order chi connectivity index (χ0) is 73.8. The summed E-state index contributed by atoms with van der Waals surface area (Å²) >= 11 is 0. The summed E-state index contributed by atoms with van der Waals surface area (Å²) in [7, 11) is -17.4. The lowest BCUT2D eigenvalue weighted by Gasteiger charge is -2.43. The van der Waals surface area contributed by atoms with Gasteiger partial charge >= 0.3 is 85.3 Å². The zero-order valence-corrected chi connectivity index (χ0v) is 71.6. The van der Waals surface area contributed by atoms with Crippen LogP contribution in [0.5, 0.6) is 0 Å². The van der Waals surface area contributed by atoms with Crippen LogP contribution in [0.1, 0.15) is 243 Å². The van der Waals surface area contributed by atoms with Crippen molar-refractivity contribution in [3.63, 3.8) is 0 Å². The SMILES string of the molecule is CCCCCCC(=O)OCCCCCC(=O)OCCCCCC(=O)OCCCCCC(=O)OCCCC.CCCO[Si](C)(C)O[Si](C)(OCCC)O[Si](C)(OCCC)O[Si](C)(OCCC)O[Si](C)(OCCC)O[Si](C)(OCCC)OCCC.CO[Si](CCCNC(C)=O)(OC)OC. The van der Waals surface area contributed by atoms with Crippen LogP contribution in [0.15, 0.2) is 0 Å². The summed E-state index contributed by atoms with van der Waals surface area (Å²) in [5, 5.41) is 2.71. The molecule has 0 aliphatic carbocycles. The molecule has 0 heterocycles. The molecule has 32 heteroatoms. The first-order valence-corrected chi connectivity index (χ1v) is 52.4. The van der Waals surface area contributed by atoms with E-state index in [1.54, 1.807) is 21.3 Å². The monoisotopic (exact) mass is 1520 g/mol. The number of rotatable bonds is 64. The van der Waals surface area contributed by atoms with E-state index in [1.165, 1.54) is 6.92 Å². The summed E-state index contributed by atoms with van der Waals surface area (Å²) in [5.74, 6) is -0.722. The number of ether oxygens (including phenoxy) is 4. The van der Waals surface area contributed by atoms with Crippen LogP contribution < -0.4 is 5.32 Å². The minimum Gasteiger partial charge on any atom is -0.466 e. The lowest BCUT2D eigenvalue weighted by atomic mass is 10.1. The summed E-state index contributed by atoms with van der Waals surface area (Å²) in [6, 6.07) is 0.705. The van der Waals surface area contributed by atoms with Gasteiger partial charge in [-0.05, 0) is 135 Å². The van der Waals surface area contributed by atoms with E-state index in [0.717, 1.165) is 141 Å². The van der Waals surface area contributed by atoms with E-state index in [9.17, 15) is 24.0 Å². The van der Waals surface area contributed by atoms with Gasteiger partial charge in [-0.1, -0.05) is 88.0 Å². The summed E-state index contributed by atoms with van der Waals surface area (Å²) in [4.78, 5) is 57.2. The number of nitrogens with one attached hydrogen (secondary N) is 1. The van der Waals surface area contributed by atoms with E-state index >= 15 is 0 Å². The van der Waals surface area contributed by atoms with Crippen LogP contribution in [0.4, 0.5) is 0 Å². The highest BCUT2D eigenvalue weighted by atomic mass is 28.5. The number of esters is 4. The van der Waals surface area contributed by atoms with Crippen molar-refractivity contribution in [2.75, 3.05) is 101 Å². The Labute approximate surface area is 596 Å². The van der Waals surface area contributed by atoms with Crippen molar-refractivity contribution < 1.29 is 108 Å². The quantitative estimate of drug-likeness (QED) is 0.0256. The van der Waals surface area contributed by atoms with Gasteiger partial charge in [-0.15, -0.1) is 0 Å². The maximum Gasteiger partial charge on any atom is 0.500 e. The standard InChI is InChI=1S/C29H52O8.C28H70O12Si6.C8H19NO4Si/c1-3-5-7-11-18-27(31)35-23-16-9-13-20-29(33)37-25-17-10-14-21-28(32)36-24-15-8-12-19-26(30)34-22-6-4-2;1-15-22-29-41(8,9)36-43(11,32-25-18-4)38-45(13,34-27-20-6)40-46(14,35-28-21-7)39-44(12,33-26-19-5)37-42(10,30-23-16-2)31-24-17-3;1-8(10)9-6-5-7-14(11-2,12-3)13-4/h3-25H2,1-2H3;15-28H2,1-14H3;5-7H2,1-4H3,(H,9,10). The highest BCUT2D eigenvalue weighted by Gasteiger charge is 2.59. The molecule has 0 saturated carbocycles. The van der Waals surface area contributed by atoms with Crippen molar-refractivity contribution in [1.29, 1.82) is 0 Å². The average molecular weight is 1520 g/mol. The fourth-order valence-corrected chi connectivity index (χ4v) is 34.0. The molecular formula is C65H141NO24Si7. The second-order valence-electron chi connectivity index (χ2n) is 24.5. The van der Waals surface area contributed by atoms with E-state index < -0.39 is 61.4 Å². The normalized spacial score (nSPS) is 14.3. The minimum absolute atomic E-state index is 0.0236. The van der Waals surface area contributed by atoms with Gasteiger partial charge in [0.15, 0.2) is 0 Å². The van der Waals surface area contributed by atoms with Crippen LogP contribution in [0, 0.1) is 0 Å². The largest absolute Gasteiger partial charge is 0.500 e. The Morgan fingerprint density at radius 3 is 0.845 bits per heavy atom. The first-order chi connectivity index (χ1) is 46.0. The molecule has 4 atom stereocenters.